The van der Waals surface area contributed by atoms with Gasteiger partial charge < -0.3 is 10.2 Å². The average Bonchev–Trinajstić information content (AvgIpc) is 3.18. The fraction of sp³-hybridized carbons (Fsp3) is 0.400. The van der Waals surface area contributed by atoms with Crippen molar-refractivity contribution in [3.63, 3.8) is 0 Å². The fourth-order valence-corrected chi connectivity index (χ4v) is 5.99. The average molecular weight is 417 g/mol. The predicted octanol–water partition coefficient (Wildman–Crippen LogP) is 2.16. The molecule has 1 aliphatic rings. The van der Waals surface area contributed by atoms with E-state index >= 15 is 0 Å². The Hall–Kier alpha value is -1.72. The van der Waals surface area contributed by atoms with Gasteiger partial charge in [0, 0.05) is 18.8 Å². The van der Waals surface area contributed by atoms with E-state index in [1.54, 1.807) is 19.2 Å². The molecule has 2 heterocycles. The van der Waals surface area contributed by atoms with Crippen molar-refractivity contribution in [3.05, 3.63) is 30.1 Å². The van der Waals surface area contributed by atoms with Crippen LogP contribution >= 0.6 is 23.1 Å². The summed E-state index contributed by atoms with van der Waals surface area (Å²) in [5, 5.41) is 11.4. The summed E-state index contributed by atoms with van der Waals surface area (Å²) in [6.45, 7) is 0. The third kappa shape index (κ3) is 4.92. The summed E-state index contributed by atoms with van der Waals surface area (Å²) in [5.41, 5.74) is 0.566. The van der Waals surface area contributed by atoms with Gasteiger partial charge in [-0.2, -0.15) is 0 Å². The van der Waals surface area contributed by atoms with E-state index in [2.05, 4.69) is 15.5 Å². The molecule has 1 aromatic carbocycles. The molecule has 1 aromatic heterocycles. The molecule has 2 aromatic rings. The number of sulfone groups is 1. The van der Waals surface area contributed by atoms with E-state index in [0.29, 0.717) is 21.6 Å². The molecule has 0 unspecified atom stereocenters. The van der Waals surface area contributed by atoms with Crippen molar-refractivity contribution in [2.75, 3.05) is 29.6 Å². The van der Waals surface area contributed by atoms with Crippen LogP contribution in [0, 0.1) is 5.82 Å². The van der Waals surface area contributed by atoms with Gasteiger partial charge in [0.05, 0.1) is 17.3 Å². The Morgan fingerprint density at radius 1 is 1.46 bits per heavy atom. The van der Waals surface area contributed by atoms with E-state index in [9.17, 15) is 17.6 Å². The van der Waals surface area contributed by atoms with Gasteiger partial charge in [0.1, 0.15) is 5.82 Å². The minimum absolute atomic E-state index is 0.0282. The number of anilines is 2. The van der Waals surface area contributed by atoms with Gasteiger partial charge in [-0.1, -0.05) is 29.2 Å². The first-order valence-corrected chi connectivity index (χ1v) is 11.4. The lowest BCUT2D eigenvalue weighted by Crippen LogP contribution is -2.38. The van der Waals surface area contributed by atoms with Crippen LogP contribution in [0.5, 0.6) is 0 Å². The number of rotatable bonds is 6. The number of thioether (sulfide) groups is 1. The smallest absolute Gasteiger partial charge is 0.233 e. The van der Waals surface area contributed by atoms with E-state index < -0.39 is 9.84 Å². The Bertz CT molecular complexity index is 903. The molecule has 1 saturated heterocycles. The van der Waals surface area contributed by atoms with Crippen molar-refractivity contribution in [1.29, 1.82) is 0 Å². The van der Waals surface area contributed by atoms with Crippen molar-refractivity contribution < 1.29 is 17.6 Å². The van der Waals surface area contributed by atoms with E-state index in [4.69, 9.17) is 0 Å². The molecule has 1 aliphatic heterocycles. The van der Waals surface area contributed by atoms with Crippen LogP contribution in [0.4, 0.5) is 15.2 Å². The molecule has 0 bridgehead atoms. The number of carbonyl (C=O) groups is 1. The summed E-state index contributed by atoms with van der Waals surface area (Å²) in [5.74, 6) is -0.181. The molecule has 1 fully saturated rings. The predicted molar refractivity (Wildman–Crippen MR) is 100 cm³/mol. The quantitative estimate of drug-likeness (QED) is 0.722. The van der Waals surface area contributed by atoms with Gasteiger partial charge in [-0.3, -0.25) is 4.79 Å². The molecular weight excluding hydrogens is 399 g/mol. The van der Waals surface area contributed by atoms with E-state index in [1.165, 1.54) is 40.1 Å². The van der Waals surface area contributed by atoms with Crippen LogP contribution in [0.3, 0.4) is 0 Å². The summed E-state index contributed by atoms with van der Waals surface area (Å²) in [6.07, 6.45) is 0.482. The first-order chi connectivity index (χ1) is 12.3. The Morgan fingerprint density at radius 2 is 2.27 bits per heavy atom. The summed E-state index contributed by atoms with van der Waals surface area (Å²) in [6, 6.07) is 5.75. The number of hydrogen-bond donors (Lipinski definition) is 1. The zero-order valence-corrected chi connectivity index (χ0v) is 16.3. The second-order valence-corrected chi connectivity index (χ2v) is 10.3. The highest BCUT2D eigenvalue weighted by molar-refractivity contribution is 8.01. The topological polar surface area (TPSA) is 92.3 Å². The third-order valence-corrected chi connectivity index (χ3v) is 7.66. The number of benzene rings is 1. The fourth-order valence-electron chi connectivity index (χ4n) is 2.52. The normalized spacial score (nSPS) is 18.6. The van der Waals surface area contributed by atoms with Crippen LogP contribution in [-0.2, 0) is 14.6 Å². The number of aromatic nitrogens is 2. The standard InChI is InChI=1S/C15H17FN4O3S3/c1-20(12-5-6-26(22,23)9-12)13(21)8-24-15-19-18-14(25-15)17-11-4-2-3-10(16)7-11/h2-4,7,12H,5-6,8-9H2,1H3,(H,17,18)/t12-/m1/s1. The van der Waals surface area contributed by atoms with Gasteiger partial charge in [0.2, 0.25) is 11.0 Å². The molecule has 0 saturated carbocycles. The Morgan fingerprint density at radius 3 is 2.96 bits per heavy atom. The van der Waals surface area contributed by atoms with Crippen LogP contribution in [0.2, 0.25) is 0 Å². The van der Waals surface area contributed by atoms with Gasteiger partial charge in [-0.25, -0.2) is 12.8 Å². The first kappa shape index (κ1) is 19.1. The molecular formula is C15H17FN4O3S3. The molecule has 7 nitrogen and oxygen atoms in total. The number of nitrogens with zero attached hydrogens (tertiary/aromatic N) is 3. The van der Waals surface area contributed by atoms with E-state index in [-0.39, 0.29) is 35.0 Å². The van der Waals surface area contributed by atoms with Gasteiger partial charge in [-0.05, 0) is 24.6 Å². The number of nitrogens with one attached hydrogen (secondary N) is 1. The summed E-state index contributed by atoms with van der Waals surface area (Å²) >= 11 is 2.50. The van der Waals surface area contributed by atoms with Crippen LogP contribution in [0.25, 0.3) is 0 Å². The highest BCUT2D eigenvalue weighted by Gasteiger charge is 2.32. The van der Waals surface area contributed by atoms with Gasteiger partial charge >= 0.3 is 0 Å². The Labute approximate surface area is 158 Å². The van der Waals surface area contributed by atoms with Crippen molar-refractivity contribution in [1.82, 2.24) is 15.1 Å². The molecule has 1 amide bonds. The Kier molecular flexibility index (Phi) is 5.78. The maximum Gasteiger partial charge on any atom is 0.233 e. The van der Waals surface area contributed by atoms with E-state index in [1.807, 2.05) is 0 Å². The van der Waals surface area contributed by atoms with Gasteiger partial charge in [0.25, 0.3) is 0 Å². The second kappa shape index (κ2) is 7.89. The molecule has 11 heteroatoms. The van der Waals surface area contributed by atoms with Crippen molar-refractivity contribution in [2.45, 2.75) is 16.8 Å². The lowest BCUT2D eigenvalue weighted by molar-refractivity contribution is -0.128. The molecule has 26 heavy (non-hydrogen) atoms. The first-order valence-electron chi connectivity index (χ1n) is 7.77. The van der Waals surface area contributed by atoms with Crippen molar-refractivity contribution >= 4 is 49.7 Å². The Balaban J connectivity index is 1.52. The number of hydrogen-bond acceptors (Lipinski definition) is 8. The maximum absolute atomic E-state index is 13.2. The SMILES string of the molecule is CN(C(=O)CSc1nnc(Nc2cccc(F)c2)s1)[C@@H]1CCS(=O)(=O)C1. The minimum atomic E-state index is -3.03. The summed E-state index contributed by atoms with van der Waals surface area (Å²) in [4.78, 5) is 13.8. The zero-order valence-electron chi connectivity index (χ0n) is 13.9. The largest absolute Gasteiger partial charge is 0.341 e. The van der Waals surface area contributed by atoms with E-state index in [0.717, 1.165) is 0 Å². The lowest BCUT2D eigenvalue weighted by atomic mass is 10.2. The molecule has 0 aliphatic carbocycles. The lowest BCUT2D eigenvalue weighted by Gasteiger charge is -2.22. The van der Waals surface area contributed by atoms with Crippen LogP contribution < -0.4 is 5.32 Å². The third-order valence-electron chi connectivity index (χ3n) is 3.95. The van der Waals surface area contributed by atoms with Crippen molar-refractivity contribution in [3.8, 4) is 0 Å². The molecule has 1 N–H and O–H groups in total. The zero-order chi connectivity index (χ0) is 18.7. The van der Waals surface area contributed by atoms with Gasteiger partial charge in [0.15, 0.2) is 14.2 Å². The highest BCUT2D eigenvalue weighted by Crippen LogP contribution is 2.28. The van der Waals surface area contributed by atoms with Crippen LogP contribution in [-0.4, -0.2) is 59.8 Å². The van der Waals surface area contributed by atoms with Gasteiger partial charge in [-0.15, -0.1) is 10.2 Å². The number of halogens is 1. The molecule has 0 spiro atoms. The monoisotopic (exact) mass is 416 g/mol. The summed E-state index contributed by atoms with van der Waals surface area (Å²) < 4.78 is 36.8. The number of carbonyl (C=O) groups excluding carboxylic acids is 1. The number of amides is 1. The maximum atomic E-state index is 13.2. The molecule has 3 rings (SSSR count). The summed E-state index contributed by atoms with van der Waals surface area (Å²) in [7, 11) is -1.40. The molecule has 1 atom stereocenters. The minimum Gasteiger partial charge on any atom is -0.341 e. The highest BCUT2D eigenvalue weighted by atomic mass is 32.2. The molecule has 0 radical (unpaired) electrons. The van der Waals surface area contributed by atoms with Crippen LogP contribution in [0.1, 0.15) is 6.42 Å². The second-order valence-electron chi connectivity index (χ2n) is 5.86. The van der Waals surface area contributed by atoms with Crippen molar-refractivity contribution in [2.24, 2.45) is 0 Å². The molecule has 140 valence electrons. The van der Waals surface area contributed by atoms with Crippen LogP contribution in [0.15, 0.2) is 28.6 Å².